The van der Waals surface area contributed by atoms with E-state index in [2.05, 4.69) is 10.6 Å². The van der Waals surface area contributed by atoms with E-state index in [1.54, 1.807) is 54.6 Å². The fraction of sp³-hybridized carbons (Fsp3) is 0.0741. The average Bonchev–Trinajstić information content (AvgIpc) is 2.82. The maximum Gasteiger partial charge on any atom is 0.251 e. The van der Waals surface area contributed by atoms with Crippen molar-refractivity contribution in [1.82, 2.24) is 0 Å². The Morgan fingerprint density at radius 3 is 1.85 bits per heavy atom. The van der Waals surface area contributed by atoms with Crippen LogP contribution < -0.4 is 10.6 Å². The van der Waals surface area contributed by atoms with Gasteiger partial charge in [-0.1, -0.05) is 24.3 Å². The first-order valence-corrected chi connectivity index (χ1v) is 10.5. The summed E-state index contributed by atoms with van der Waals surface area (Å²) in [5, 5.41) is 5.28. The normalized spacial score (nSPS) is 12.5. The number of amides is 2. The molecule has 2 N–H and O–H groups in total. The van der Waals surface area contributed by atoms with Crippen LogP contribution in [0.25, 0.3) is 0 Å². The van der Waals surface area contributed by atoms with E-state index in [0.29, 0.717) is 28.1 Å². The van der Waals surface area contributed by atoms with Gasteiger partial charge in [0.1, 0.15) is 0 Å². The van der Waals surface area contributed by atoms with Gasteiger partial charge in [0.15, 0.2) is 17.3 Å². The molecule has 0 spiro atoms. The number of carbonyl (C=O) groups is 5. The summed E-state index contributed by atoms with van der Waals surface area (Å²) in [6.07, 6.45) is 1.15. The molecule has 34 heavy (non-hydrogen) atoms. The van der Waals surface area contributed by atoms with Crippen LogP contribution in [0.5, 0.6) is 0 Å². The largest absolute Gasteiger partial charge is 0.323 e. The number of Topliss-reactive ketones (excluding diaryl/α,β-unsaturated/α-hetero) is 1. The maximum absolute atomic E-state index is 12.9. The van der Waals surface area contributed by atoms with Gasteiger partial charge in [-0.15, -0.1) is 0 Å². The van der Waals surface area contributed by atoms with Crippen LogP contribution >= 0.6 is 0 Å². The number of nitrogens with one attached hydrogen (secondary N) is 2. The highest BCUT2D eigenvalue weighted by Gasteiger charge is 2.29. The number of rotatable bonds is 5. The Balaban J connectivity index is 1.46. The molecule has 0 atom stereocenters. The molecule has 1 aliphatic carbocycles. The van der Waals surface area contributed by atoms with Crippen molar-refractivity contribution >= 4 is 40.5 Å². The van der Waals surface area contributed by atoms with Gasteiger partial charge in [0.05, 0.1) is 0 Å². The molecule has 7 nitrogen and oxygen atoms in total. The highest BCUT2D eigenvalue weighted by atomic mass is 16.2. The summed E-state index contributed by atoms with van der Waals surface area (Å²) in [5.41, 5.74) is 2.67. The first-order chi connectivity index (χ1) is 16.2. The van der Waals surface area contributed by atoms with E-state index in [0.717, 1.165) is 6.08 Å². The van der Waals surface area contributed by atoms with Crippen LogP contribution in [-0.2, 0) is 9.59 Å². The molecular formula is C27H20N2O5. The lowest BCUT2D eigenvalue weighted by molar-refractivity contribution is -0.114. The van der Waals surface area contributed by atoms with E-state index in [1.807, 2.05) is 0 Å². The fourth-order valence-electron chi connectivity index (χ4n) is 3.64. The van der Waals surface area contributed by atoms with Gasteiger partial charge >= 0.3 is 0 Å². The summed E-state index contributed by atoms with van der Waals surface area (Å²) in [5.74, 6) is -1.65. The van der Waals surface area contributed by atoms with Gasteiger partial charge < -0.3 is 10.6 Å². The first-order valence-electron chi connectivity index (χ1n) is 10.5. The SMILES string of the molecule is CC(=O)c1ccc(NC(=O)/C=C(/C)C(=O)Nc2ccc3c(c2)C(=O)c2ccccc2C3=O)cc1. The van der Waals surface area contributed by atoms with Crippen molar-refractivity contribution in [3.8, 4) is 0 Å². The Morgan fingerprint density at radius 1 is 0.676 bits per heavy atom. The lowest BCUT2D eigenvalue weighted by Gasteiger charge is -2.18. The zero-order valence-electron chi connectivity index (χ0n) is 18.5. The van der Waals surface area contributed by atoms with E-state index >= 15 is 0 Å². The lowest BCUT2D eigenvalue weighted by Crippen LogP contribution is -2.21. The monoisotopic (exact) mass is 452 g/mol. The average molecular weight is 452 g/mol. The van der Waals surface area contributed by atoms with E-state index in [-0.39, 0.29) is 34.0 Å². The summed E-state index contributed by atoms with van der Waals surface area (Å²) in [7, 11) is 0. The van der Waals surface area contributed by atoms with Gasteiger partial charge in [0.2, 0.25) is 5.91 Å². The number of carbonyl (C=O) groups excluding carboxylic acids is 5. The van der Waals surface area contributed by atoms with Crippen molar-refractivity contribution in [2.45, 2.75) is 13.8 Å². The summed E-state index contributed by atoms with van der Waals surface area (Å²) >= 11 is 0. The number of hydrogen-bond donors (Lipinski definition) is 2. The zero-order valence-corrected chi connectivity index (χ0v) is 18.5. The number of hydrogen-bond acceptors (Lipinski definition) is 5. The van der Waals surface area contributed by atoms with Crippen molar-refractivity contribution in [3.05, 3.63) is 106 Å². The quantitative estimate of drug-likeness (QED) is 0.349. The smallest absolute Gasteiger partial charge is 0.251 e. The van der Waals surface area contributed by atoms with Gasteiger partial charge in [0.25, 0.3) is 5.91 Å². The standard InChI is InChI=1S/C27H20N2O5/c1-15(13-24(31)28-18-9-7-17(8-10-18)16(2)30)27(34)29-19-11-12-22-23(14-19)26(33)21-6-4-3-5-20(21)25(22)32/h3-14H,1-2H3,(H,28,31)(H,29,34)/b15-13-. The van der Waals surface area contributed by atoms with Crippen LogP contribution in [0.15, 0.2) is 78.4 Å². The molecule has 2 amide bonds. The predicted molar refractivity (Wildman–Crippen MR) is 127 cm³/mol. The second-order valence-electron chi connectivity index (χ2n) is 7.87. The predicted octanol–water partition coefficient (Wildman–Crippen LogP) is 4.19. The van der Waals surface area contributed by atoms with Crippen LogP contribution in [0.4, 0.5) is 11.4 Å². The Kier molecular flexibility index (Phi) is 6.01. The van der Waals surface area contributed by atoms with Gasteiger partial charge in [-0.25, -0.2) is 0 Å². The van der Waals surface area contributed by atoms with Crippen LogP contribution in [0.1, 0.15) is 56.0 Å². The molecule has 0 fully saturated rings. The summed E-state index contributed by atoms with van der Waals surface area (Å²) in [6.45, 7) is 2.94. The van der Waals surface area contributed by atoms with Crippen molar-refractivity contribution in [1.29, 1.82) is 0 Å². The van der Waals surface area contributed by atoms with Crippen molar-refractivity contribution < 1.29 is 24.0 Å². The molecule has 7 heteroatoms. The Bertz CT molecular complexity index is 1400. The number of anilines is 2. The minimum Gasteiger partial charge on any atom is -0.323 e. The minimum atomic E-state index is -0.531. The zero-order chi connectivity index (χ0) is 24.4. The molecule has 168 valence electrons. The minimum absolute atomic E-state index is 0.0808. The second-order valence-corrected chi connectivity index (χ2v) is 7.87. The highest BCUT2D eigenvalue weighted by molar-refractivity contribution is 6.28. The molecule has 0 unspecified atom stereocenters. The number of fused-ring (bicyclic) bond motifs is 2. The molecule has 0 saturated carbocycles. The first kappa shape index (κ1) is 22.5. The molecule has 0 aromatic heterocycles. The summed E-state index contributed by atoms with van der Waals surface area (Å²) in [4.78, 5) is 61.8. The molecular weight excluding hydrogens is 432 g/mol. The molecule has 0 saturated heterocycles. The molecule has 0 bridgehead atoms. The maximum atomic E-state index is 12.9. The topological polar surface area (TPSA) is 109 Å². The van der Waals surface area contributed by atoms with Crippen LogP contribution in [-0.4, -0.2) is 29.2 Å². The fourth-order valence-corrected chi connectivity index (χ4v) is 3.64. The van der Waals surface area contributed by atoms with Crippen LogP contribution in [0, 0.1) is 0 Å². The van der Waals surface area contributed by atoms with Crippen molar-refractivity contribution in [2.75, 3.05) is 10.6 Å². The third-order valence-corrected chi connectivity index (χ3v) is 5.45. The van der Waals surface area contributed by atoms with Gasteiger partial charge in [-0.2, -0.15) is 0 Å². The highest BCUT2D eigenvalue weighted by Crippen LogP contribution is 2.29. The third kappa shape index (κ3) is 4.45. The lowest BCUT2D eigenvalue weighted by atomic mass is 9.84. The summed E-state index contributed by atoms with van der Waals surface area (Å²) in [6, 6.07) is 17.5. The van der Waals surface area contributed by atoms with Gasteiger partial charge in [-0.05, 0) is 56.3 Å². The number of ketones is 3. The Morgan fingerprint density at radius 2 is 1.24 bits per heavy atom. The molecule has 1 aliphatic rings. The van der Waals surface area contributed by atoms with Gasteiger partial charge in [-0.3, -0.25) is 24.0 Å². The van der Waals surface area contributed by atoms with E-state index in [9.17, 15) is 24.0 Å². The Labute approximate surface area is 195 Å². The molecule has 0 radical (unpaired) electrons. The summed E-state index contributed by atoms with van der Waals surface area (Å²) < 4.78 is 0. The molecule has 0 heterocycles. The number of benzene rings is 3. The molecule has 3 aromatic carbocycles. The van der Waals surface area contributed by atoms with Crippen LogP contribution in [0.3, 0.4) is 0 Å². The van der Waals surface area contributed by atoms with E-state index < -0.39 is 11.8 Å². The van der Waals surface area contributed by atoms with Crippen LogP contribution in [0.2, 0.25) is 0 Å². The Hall–Kier alpha value is -4.65. The van der Waals surface area contributed by atoms with Crippen molar-refractivity contribution in [2.24, 2.45) is 0 Å². The third-order valence-electron chi connectivity index (χ3n) is 5.45. The second kappa shape index (κ2) is 9.07. The van der Waals surface area contributed by atoms with E-state index in [4.69, 9.17) is 0 Å². The van der Waals surface area contributed by atoms with Gasteiger partial charge in [0, 0.05) is 50.8 Å². The molecule has 0 aliphatic heterocycles. The molecule has 3 aromatic rings. The molecule has 4 rings (SSSR count). The van der Waals surface area contributed by atoms with E-state index in [1.165, 1.54) is 26.0 Å². The van der Waals surface area contributed by atoms with Crippen molar-refractivity contribution in [3.63, 3.8) is 0 Å².